The van der Waals surface area contributed by atoms with E-state index in [4.69, 9.17) is 9.84 Å². The predicted octanol–water partition coefficient (Wildman–Crippen LogP) is 2.38. The van der Waals surface area contributed by atoms with Crippen LogP contribution in [0.1, 0.15) is 23.2 Å². The van der Waals surface area contributed by atoms with Crippen molar-refractivity contribution in [2.45, 2.75) is 17.1 Å². The van der Waals surface area contributed by atoms with Crippen molar-refractivity contribution in [3.05, 3.63) is 35.2 Å². The van der Waals surface area contributed by atoms with E-state index in [9.17, 15) is 18.0 Å². The Labute approximate surface area is 154 Å². The van der Waals surface area contributed by atoms with Crippen molar-refractivity contribution in [3.8, 4) is 5.75 Å². The molecule has 0 saturated carbocycles. The lowest BCUT2D eigenvalue weighted by atomic mass is 10.2. The molecule has 0 atom stereocenters. The van der Waals surface area contributed by atoms with Gasteiger partial charge in [0, 0.05) is 24.4 Å². The van der Waals surface area contributed by atoms with Crippen molar-refractivity contribution in [2.75, 3.05) is 23.3 Å². The standard InChI is InChI=1S/C16H16N2O6S2/c1-24-13-8-11(4-5-12(13)18-6-2-3-14(18)19)17-26(22,23)15-7-10(9-25-15)16(20)21/h4-5,7-9,17H,2-3,6H2,1H3,(H,20,21). The fourth-order valence-corrected chi connectivity index (χ4v) is 4.85. The molecule has 1 aliphatic heterocycles. The van der Waals surface area contributed by atoms with Gasteiger partial charge >= 0.3 is 5.97 Å². The monoisotopic (exact) mass is 396 g/mol. The highest BCUT2D eigenvalue weighted by atomic mass is 32.2. The van der Waals surface area contributed by atoms with Gasteiger partial charge in [-0.1, -0.05) is 0 Å². The number of nitrogens with zero attached hydrogens (tertiary/aromatic N) is 1. The Balaban J connectivity index is 1.87. The maximum absolute atomic E-state index is 12.4. The third-order valence-corrected chi connectivity index (χ3v) is 6.70. The molecular weight excluding hydrogens is 380 g/mol. The zero-order chi connectivity index (χ0) is 18.9. The number of thiophene rings is 1. The van der Waals surface area contributed by atoms with E-state index in [-0.39, 0.29) is 21.4 Å². The van der Waals surface area contributed by atoms with Crippen LogP contribution in [0.5, 0.6) is 5.75 Å². The summed E-state index contributed by atoms with van der Waals surface area (Å²) >= 11 is 0.822. The lowest BCUT2D eigenvalue weighted by molar-refractivity contribution is -0.117. The number of methoxy groups -OCH3 is 1. The Bertz CT molecular complexity index is 967. The number of carbonyl (C=O) groups excluding carboxylic acids is 1. The molecule has 2 heterocycles. The number of amides is 1. The maximum atomic E-state index is 12.4. The summed E-state index contributed by atoms with van der Waals surface area (Å²) in [5.74, 6) is -0.821. The van der Waals surface area contributed by atoms with Crippen molar-refractivity contribution >= 4 is 44.6 Å². The number of carboxylic acid groups (broad SMARTS) is 1. The van der Waals surface area contributed by atoms with Crippen molar-refractivity contribution in [2.24, 2.45) is 0 Å². The molecule has 2 aromatic rings. The number of benzene rings is 1. The largest absolute Gasteiger partial charge is 0.494 e. The number of carboxylic acids is 1. The van der Waals surface area contributed by atoms with E-state index >= 15 is 0 Å². The lowest BCUT2D eigenvalue weighted by Gasteiger charge is -2.19. The Morgan fingerprint density at radius 2 is 2.12 bits per heavy atom. The van der Waals surface area contributed by atoms with E-state index < -0.39 is 16.0 Å². The summed E-state index contributed by atoms with van der Waals surface area (Å²) in [5.41, 5.74) is 0.751. The van der Waals surface area contributed by atoms with Crippen LogP contribution in [0.25, 0.3) is 0 Å². The van der Waals surface area contributed by atoms with Crippen LogP contribution in [0.3, 0.4) is 0 Å². The minimum absolute atomic E-state index is 0.00332. The molecule has 10 heteroatoms. The molecule has 3 rings (SSSR count). The summed E-state index contributed by atoms with van der Waals surface area (Å²) < 4.78 is 32.5. The molecule has 8 nitrogen and oxygen atoms in total. The first-order chi connectivity index (χ1) is 12.3. The van der Waals surface area contributed by atoms with E-state index in [1.807, 2.05) is 0 Å². The van der Waals surface area contributed by atoms with Crippen LogP contribution >= 0.6 is 11.3 Å². The van der Waals surface area contributed by atoms with Gasteiger partial charge in [-0.2, -0.15) is 0 Å². The smallest absolute Gasteiger partial charge is 0.336 e. The molecule has 26 heavy (non-hydrogen) atoms. The van der Waals surface area contributed by atoms with Gasteiger partial charge in [0.15, 0.2) is 0 Å². The second kappa shape index (κ2) is 6.96. The zero-order valence-corrected chi connectivity index (χ0v) is 15.4. The van der Waals surface area contributed by atoms with Crippen molar-refractivity contribution in [1.29, 1.82) is 0 Å². The average molecular weight is 396 g/mol. The quantitative estimate of drug-likeness (QED) is 0.775. The predicted molar refractivity (Wildman–Crippen MR) is 96.7 cm³/mol. The minimum Gasteiger partial charge on any atom is -0.494 e. The Morgan fingerprint density at radius 1 is 1.35 bits per heavy atom. The van der Waals surface area contributed by atoms with Gasteiger partial charge in [0.1, 0.15) is 9.96 Å². The van der Waals surface area contributed by atoms with Gasteiger partial charge in [-0.3, -0.25) is 9.52 Å². The van der Waals surface area contributed by atoms with Gasteiger partial charge in [0.25, 0.3) is 10.0 Å². The number of carbonyl (C=O) groups is 2. The SMILES string of the molecule is COc1cc(NS(=O)(=O)c2cc(C(=O)O)cs2)ccc1N1CCCC1=O. The molecule has 1 aromatic carbocycles. The fraction of sp³-hybridized carbons (Fsp3) is 0.250. The van der Waals surface area contributed by atoms with E-state index in [0.717, 1.165) is 23.8 Å². The molecule has 0 radical (unpaired) electrons. The number of hydrogen-bond donors (Lipinski definition) is 2. The van der Waals surface area contributed by atoms with Crippen LogP contribution in [0.2, 0.25) is 0 Å². The summed E-state index contributed by atoms with van der Waals surface area (Å²) in [4.78, 5) is 24.4. The zero-order valence-electron chi connectivity index (χ0n) is 13.8. The third-order valence-electron chi connectivity index (χ3n) is 3.88. The first-order valence-electron chi connectivity index (χ1n) is 7.65. The number of aromatic carboxylic acids is 1. The highest BCUT2D eigenvalue weighted by Gasteiger charge is 2.25. The second-order valence-corrected chi connectivity index (χ2v) is 8.42. The molecule has 0 bridgehead atoms. The molecule has 1 amide bonds. The first-order valence-corrected chi connectivity index (χ1v) is 10.0. The molecular formula is C16H16N2O6S2. The van der Waals surface area contributed by atoms with Crippen molar-refractivity contribution in [1.82, 2.24) is 0 Å². The summed E-state index contributed by atoms with van der Waals surface area (Å²) in [6, 6.07) is 5.75. The van der Waals surface area contributed by atoms with Crippen LogP contribution in [0.4, 0.5) is 11.4 Å². The van der Waals surface area contributed by atoms with Crippen molar-refractivity contribution in [3.63, 3.8) is 0 Å². The fourth-order valence-electron chi connectivity index (χ4n) is 2.64. The number of anilines is 2. The van der Waals surface area contributed by atoms with Gasteiger partial charge in [-0.15, -0.1) is 11.3 Å². The van der Waals surface area contributed by atoms with Crippen LogP contribution in [-0.2, 0) is 14.8 Å². The molecule has 0 unspecified atom stereocenters. The molecule has 1 saturated heterocycles. The van der Waals surface area contributed by atoms with E-state index in [1.54, 1.807) is 11.0 Å². The number of rotatable bonds is 6. The maximum Gasteiger partial charge on any atom is 0.336 e. The summed E-state index contributed by atoms with van der Waals surface area (Å²) in [6.45, 7) is 0.591. The lowest BCUT2D eigenvalue weighted by Crippen LogP contribution is -2.24. The van der Waals surface area contributed by atoms with Gasteiger partial charge in [-0.25, -0.2) is 13.2 Å². The Kier molecular flexibility index (Phi) is 4.88. The topological polar surface area (TPSA) is 113 Å². The first kappa shape index (κ1) is 18.2. The normalized spacial score (nSPS) is 14.5. The van der Waals surface area contributed by atoms with E-state index in [1.165, 1.54) is 24.6 Å². The number of sulfonamides is 1. The van der Waals surface area contributed by atoms with Crippen LogP contribution in [0, 0.1) is 0 Å². The molecule has 2 N–H and O–H groups in total. The number of hydrogen-bond acceptors (Lipinski definition) is 6. The second-order valence-electron chi connectivity index (χ2n) is 5.60. The van der Waals surface area contributed by atoms with Crippen LogP contribution in [-0.4, -0.2) is 39.1 Å². The highest BCUT2D eigenvalue weighted by molar-refractivity contribution is 7.94. The molecule has 0 aliphatic carbocycles. The van der Waals surface area contributed by atoms with Gasteiger partial charge in [0.05, 0.1) is 24.0 Å². The number of nitrogens with one attached hydrogen (secondary N) is 1. The summed E-state index contributed by atoms with van der Waals surface area (Å²) in [5, 5.41) is 10.2. The van der Waals surface area contributed by atoms with E-state index in [0.29, 0.717) is 24.4 Å². The molecule has 1 aromatic heterocycles. The third kappa shape index (κ3) is 3.51. The van der Waals surface area contributed by atoms with Crippen LogP contribution < -0.4 is 14.4 Å². The molecule has 0 spiro atoms. The highest BCUT2D eigenvalue weighted by Crippen LogP contribution is 2.34. The molecule has 138 valence electrons. The minimum atomic E-state index is -3.92. The Morgan fingerprint density at radius 3 is 2.69 bits per heavy atom. The van der Waals surface area contributed by atoms with E-state index in [2.05, 4.69) is 4.72 Å². The van der Waals surface area contributed by atoms with Crippen molar-refractivity contribution < 1.29 is 27.9 Å². The Hall–Kier alpha value is -2.59. The average Bonchev–Trinajstić information content (AvgIpc) is 3.24. The number of ether oxygens (including phenoxy) is 1. The summed E-state index contributed by atoms with van der Waals surface area (Å²) in [6.07, 6.45) is 1.24. The molecule has 1 fully saturated rings. The van der Waals surface area contributed by atoms with Crippen LogP contribution in [0.15, 0.2) is 33.9 Å². The van der Waals surface area contributed by atoms with Gasteiger partial charge in [-0.05, 0) is 24.6 Å². The van der Waals surface area contributed by atoms with Gasteiger partial charge in [0.2, 0.25) is 5.91 Å². The molecule has 1 aliphatic rings. The van der Waals surface area contributed by atoms with Gasteiger partial charge < -0.3 is 14.7 Å². The summed E-state index contributed by atoms with van der Waals surface area (Å²) in [7, 11) is -2.48.